The van der Waals surface area contributed by atoms with E-state index in [1.54, 1.807) is 38.4 Å². The van der Waals surface area contributed by atoms with Crippen molar-refractivity contribution in [2.75, 3.05) is 19.8 Å². The van der Waals surface area contributed by atoms with Crippen LogP contribution in [0, 0.1) is 0 Å². The highest BCUT2D eigenvalue weighted by molar-refractivity contribution is 5.98. The second kappa shape index (κ2) is 3.91. The van der Waals surface area contributed by atoms with E-state index in [1.165, 1.54) is 5.01 Å². The normalized spacial score (nSPS) is 9.69. The summed E-state index contributed by atoms with van der Waals surface area (Å²) < 4.78 is 0. The van der Waals surface area contributed by atoms with Gasteiger partial charge in [-0.3, -0.25) is 9.80 Å². The number of nitrogens with zero attached hydrogens (tertiary/aromatic N) is 1. The number of benzene rings is 1. The molecule has 70 valence electrons. The maximum Gasteiger partial charge on any atom is 0.269 e. The Hall–Kier alpha value is -1.55. The number of nitrogens with one attached hydrogen (secondary N) is 1. The first kappa shape index (κ1) is 9.54. The fourth-order valence-electron chi connectivity index (χ4n) is 0.974. The maximum atomic E-state index is 11.6. The minimum atomic E-state index is -0.138. The highest BCUT2D eigenvalue weighted by atomic mass is 16.2. The van der Waals surface area contributed by atoms with Crippen molar-refractivity contribution in [2.45, 2.75) is 0 Å². The molecule has 0 atom stereocenters. The summed E-state index contributed by atoms with van der Waals surface area (Å²) in [6, 6.07) is 6.99. The molecule has 0 aliphatic heterocycles. The third-order valence-electron chi connectivity index (χ3n) is 1.83. The Bertz CT molecular complexity index is 311. The van der Waals surface area contributed by atoms with Gasteiger partial charge in [0.15, 0.2) is 0 Å². The molecule has 0 fully saturated rings. The first-order valence-electron chi connectivity index (χ1n) is 3.96. The molecule has 1 aromatic carbocycles. The standard InChI is InChI=1S/C9H13N3O/c1-11-12(2)9(13)7-5-3-4-6-8(7)10/h3-6,11H,10H2,1-2H3. The van der Waals surface area contributed by atoms with Gasteiger partial charge in [0, 0.05) is 19.8 Å². The van der Waals surface area contributed by atoms with Crippen molar-refractivity contribution in [3.63, 3.8) is 0 Å². The summed E-state index contributed by atoms with van der Waals surface area (Å²) in [5, 5.41) is 1.38. The summed E-state index contributed by atoms with van der Waals surface area (Å²) in [6.07, 6.45) is 0. The second-order valence-corrected chi connectivity index (χ2v) is 2.68. The number of rotatable bonds is 2. The molecule has 0 aromatic heterocycles. The van der Waals surface area contributed by atoms with Crippen LogP contribution >= 0.6 is 0 Å². The van der Waals surface area contributed by atoms with Crippen LogP contribution in [0.2, 0.25) is 0 Å². The molecular formula is C9H13N3O. The minimum Gasteiger partial charge on any atom is -0.398 e. The van der Waals surface area contributed by atoms with Crippen molar-refractivity contribution in [3.05, 3.63) is 29.8 Å². The number of hydrazine groups is 1. The number of para-hydroxylation sites is 1. The van der Waals surface area contributed by atoms with Gasteiger partial charge in [0.25, 0.3) is 5.91 Å². The molecule has 0 radical (unpaired) electrons. The van der Waals surface area contributed by atoms with E-state index in [2.05, 4.69) is 5.43 Å². The SMILES string of the molecule is CNN(C)C(=O)c1ccccc1N. The lowest BCUT2D eigenvalue weighted by Gasteiger charge is -2.15. The topological polar surface area (TPSA) is 58.4 Å². The molecule has 0 aliphatic carbocycles. The lowest BCUT2D eigenvalue weighted by molar-refractivity contribution is 0.0736. The molecular weight excluding hydrogens is 166 g/mol. The number of amides is 1. The Morgan fingerprint density at radius 2 is 2.08 bits per heavy atom. The number of anilines is 1. The van der Waals surface area contributed by atoms with Crippen molar-refractivity contribution in [1.82, 2.24) is 10.4 Å². The van der Waals surface area contributed by atoms with E-state index >= 15 is 0 Å². The van der Waals surface area contributed by atoms with Gasteiger partial charge in [0.05, 0.1) is 5.56 Å². The van der Waals surface area contributed by atoms with E-state index in [9.17, 15) is 4.79 Å². The van der Waals surface area contributed by atoms with E-state index < -0.39 is 0 Å². The molecule has 1 amide bonds. The monoisotopic (exact) mass is 179 g/mol. The van der Waals surface area contributed by atoms with E-state index in [0.717, 1.165) is 0 Å². The molecule has 3 N–H and O–H groups in total. The Morgan fingerprint density at radius 1 is 1.46 bits per heavy atom. The highest BCUT2D eigenvalue weighted by Gasteiger charge is 2.11. The average Bonchev–Trinajstić information content (AvgIpc) is 2.16. The quantitative estimate of drug-likeness (QED) is 0.512. The van der Waals surface area contributed by atoms with Crippen molar-refractivity contribution < 1.29 is 4.79 Å². The molecule has 1 aromatic rings. The molecule has 4 heteroatoms. The van der Waals surface area contributed by atoms with Crippen LogP contribution < -0.4 is 11.2 Å². The fraction of sp³-hybridized carbons (Fsp3) is 0.222. The summed E-state index contributed by atoms with van der Waals surface area (Å²) in [5.41, 5.74) is 9.37. The number of hydrogen-bond donors (Lipinski definition) is 2. The summed E-state index contributed by atoms with van der Waals surface area (Å²) in [6.45, 7) is 0. The average molecular weight is 179 g/mol. The highest BCUT2D eigenvalue weighted by Crippen LogP contribution is 2.11. The van der Waals surface area contributed by atoms with Crippen molar-refractivity contribution in [1.29, 1.82) is 0 Å². The van der Waals surface area contributed by atoms with Crippen LogP contribution in [-0.2, 0) is 0 Å². The molecule has 0 saturated heterocycles. The Morgan fingerprint density at radius 3 is 2.62 bits per heavy atom. The summed E-state index contributed by atoms with van der Waals surface area (Å²) >= 11 is 0. The fourth-order valence-corrected chi connectivity index (χ4v) is 0.974. The summed E-state index contributed by atoms with van der Waals surface area (Å²) in [7, 11) is 3.33. The summed E-state index contributed by atoms with van der Waals surface area (Å²) in [4.78, 5) is 11.6. The van der Waals surface area contributed by atoms with Gasteiger partial charge in [-0.15, -0.1) is 0 Å². The van der Waals surface area contributed by atoms with Crippen LogP contribution in [0.1, 0.15) is 10.4 Å². The third kappa shape index (κ3) is 1.97. The van der Waals surface area contributed by atoms with Crippen LogP contribution in [0.25, 0.3) is 0 Å². The van der Waals surface area contributed by atoms with Crippen molar-refractivity contribution >= 4 is 11.6 Å². The Labute approximate surface area is 77.3 Å². The molecule has 1 rings (SSSR count). The molecule has 0 bridgehead atoms. The van der Waals surface area contributed by atoms with Gasteiger partial charge < -0.3 is 5.73 Å². The van der Waals surface area contributed by atoms with Gasteiger partial charge in [-0.1, -0.05) is 12.1 Å². The number of nitrogens with two attached hydrogens (primary N) is 1. The first-order chi connectivity index (χ1) is 6.16. The maximum absolute atomic E-state index is 11.6. The molecule has 0 aliphatic rings. The lowest BCUT2D eigenvalue weighted by Crippen LogP contribution is -2.37. The van der Waals surface area contributed by atoms with Crippen molar-refractivity contribution in [3.8, 4) is 0 Å². The molecule has 0 unspecified atom stereocenters. The van der Waals surface area contributed by atoms with Gasteiger partial charge in [-0.05, 0) is 12.1 Å². The van der Waals surface area contributed by atoms with E-state index in [-0.39, 0.29) is 5.91 Å². The van der Waals surface area contributed by atoms with E-state index in [0.29, 0.717) is 11.3 Å². The van der Waals surface area contributed by atoms with Crippen LogP contribution in [0.4, 0.5) is 5.69 Å². The molecule has 4 nitrogen and oxygen atoms in total. The number of carbonyl (C=O) groups excluding carboxylic acids is 1. The zero-order chi connectivity index (χ0) is 9.84. The summed E-state index contributed by atoms with van der Waals surface area (Å²) in [5.74, 6) is -0.138. The van der Waals surface area contributed by atoms with Gasteiger partial charge >= 0.3 is 0 Å². The minimum absolute atomic E-state index is 0.138. The smallest absolute Gasteiger partial charge is 0.269 e. The number of carbonyl (C=O) groups is 1. The first-order valence-corrected chi connectivity index (χ1v) is 3.96. The molecule has 0 spiro atoms. The van der Waals surface area contributed by atoms with E-state index in [1.807, 2.05) is 0 Å². The van der Waals surface area contributed by atoms with E-state index in [4.69, 9.17) is 5.73 Å². The Balaban J connectivity index is 2.95. The zero-order valence-electron chi connectivity index (χ0n) is 7.74. The lowest BCUT2D eigenvalue weighted by atomic mass is 10.1. The van der Waals surface area contributed by atoms with Gasteiger partial charge in [-0.2, -0.15) is 0 Å². The zero-order valence-corrected chi connectivity index (χ0v) is 7.74. The molecule has 13 heavy (non-hydrogen) atoms. The third-order valence-corrected chi connectivity index (χ3v) is 1.83. The molecule has 0 saturated carbocycles. The van der Waals surface area contributed by atoms with Crippen LogP contribution in [0.3, 0.4) is 0 Å². The number of nitrogen functional groups attached to an aromatic ring is 1. The predicted octanol–water partition coefficient (Wildman–Crippen LogP) is 0.475. The predicted molar refractivity (Wildman–Crippen MR) is 52.0 cm³/mol. The van der Waals surface area contributed by atoms with Gasteiger partial charge in [0.1, 0.15) is 0 Å². The Kier molecular flexibility index (Phi) is 2.87. The largest absolute Gasteiger partial charge is 0.398 e. The molecule has 0 heterocycles. The number of hydrogen-bond acceptors (Lipinski definition) is 3. The van der Waals surface area contributed by atoms with Crippen LogP contribution in [0.5, 0.6) is 0 Å². The van der Waals surface area contributed by atoms with Gasteiger partial charge in [0.2, 0.25) is 0 Å². The van der Waals surface area contributed by atoms with Crippen molar-refractivity contribution in [2.24, 2.45) is 0 Å². The van der Waals surface area contributed by atoms with Crippen LogP contribution in [0.15, 0.2) is 24.3 Å². The second-order valence-electron chi connectivity index (χ2n) is 2.68. The van der Waals surface area contributed by atoms with Crippen LogP contribution in [-0.4, -0.2) is 25.0 Å². The van der Waals surface area contributed by atoms with Gasteiger partial charge in [-0.25, -0.2) is 5.43 Å².